The van der Waals surface area contributed by atoms with E-state index in [9.17, 15) is 9.90 Å². The summed E-state index contributed by atoms with van der Waals surface area (Å²) in [6, 6.07) is 6.88. The van der Waals surface area contributed by atoms with Crippen LogP contribution >= 0.6 is 0 Å². The third-order valence-electron chi connectivity index (χ3n) is 5.11. The molecule has 4 nitrogen and oxygen atoms in total. The van der Waals surface area contributed by atoms with Crippen molar-refractivity contribution in [3.05, 3.63) is 41.0 Å². The molecule has 0 radical (unpaired) electrons. The summed E-state index contributed by atoms with van der Waals surface area (Å²) in [5.41, 5.74) is 5.19. The number of nitrogens with zero attached hydrogens (tertiary/aromatic N) is 1. The molecule has 2 aliphatic rings. The first-order chi connectivity index (χ1) is 11.5. The highest BCUT2D eigenvalue weighted by molar-refractivity contribution is 5.77. The minimum atomic E-state index is -0.184. The molecule has 0 atom stereocenters. The van der Waals surface area contributed by atoms with Crippen molar-refractivity contribution < 1.29 is 9.90 Å². The summed E-state index contributed by atoms with van der Waals surface area (Å²) in [6.45, 7) is 5.69. The van der Waals surface area contributed by atoms with Gasteiger partial charge < -0.3 is 15.3 Å². The summed E-state index contributed by atoms with van der Waals surface area (Å²) in [6.07, 6.45) is 6.25. The maximum absolute atomic E-state index is 12.4. The topological polar surface area (TPSA) is 52.6 Å². The van der Waals surface area contributed by atoms with Crippen LogP contribution in [0.15, 0.2) is 24.3 Å². The first kappa shape index (κ1) is 17.0. The fourth-order valence-electron chi connectivity index (χ4n) is 3.76. The molecule has 2 N–H and O–H groups in total. The highest BCUT2D eigenvalue weighted by Crippen LogP contribution is 2.25. The van der Waals surface area contributed by atoms with E-state index in [0.717, 1.165) is 38.6 Å². The number of carbonyl (C=O) groups is 1. The molecular formula is C20H28N2O2. The number of urea groups is 1. The lowest BCUT2D eigenvalue weighted by Gasteiger charge is -2.31. The molecule has 1 fully saturated rings. The number of hydrogen-bond donors (Lipinski definition) is 2. The number of aliphatic hydroxyl groups excluding tert-OH is 1. The van der Waals surface area contributed by atoms with Crippen LogP contribution < -0.4 is 5.32 Å². The second kappa shape index (κ2) is 7.39. The third-order valence-corrected chi connectivity index (χ3v) is 5.11. The molecule has 2 amide bonds. The van der Waals surface area contributed by atoms with Crippen molar-refractivity contribution in [3.8, 4) is 0 Å². The van der Waals surface area contributed by atoms with Gasteiger partial charge in [-0.2, -0.15) is 0 Å². The molecular weight excluding hydrogens is 300 g/mol. The van der Waals surface area contributed by atoms with Crippen molar-refractivity contribution in [2.45, 2.75) is 58.1 Å². The van der Waals surface area contributed by atoms with Crippen molar-refractivity contribution in [3.63, 3.8) is 0 Å². The van der Waals surface area contributed by atoms with E-state index < -0.39 is 0 Å². The quantitative estimate of drug-likeness (QED) is 0.874. The molecule has 130 valence electrons. The number of aliphatic hydroxyl groups is 1. The van der Waals surface area contributed by atoms with Gasteiger partial charge in [0.05, 0.1) is 6.10 Å². The summed E-state index contributed by atoms with van der Waals surface area (Å²) in [4.78, 5) is 14.3. The molecule has 0 aromatic heterocycles. The molecule has 3 rings (SSSR count). The summed E-state index contributed by atoms with van der Waals surface area (Å²) >= 11 is 0. The van der Waals surface area contributed by atoms with Crippen LogP contribution in [0, 0.1) is 13.8 Å². The Morgan fingerprint density at radius 3 is 2.38 bits per heavy atom. The number of aryl methyl sites for hydroxylation is 2. The fraction of sp³-hybridized carbons (Fsp3) is 0.550. The van der Waals surface area contributed by atoms with E-state index in [-0.39, 0.29) is 18.2 Å². The van der Waals surface area contributed by atoms with Crippen molar-refractivity contribution in [2.75, 3.05) is 13.1 Å². The minimum absolute atomic E-state index is 0.0344. The number of benzene rings is 1. The first-order valence-corrected chi connectivity index (χ1v) is 9.02. The lowest BCUT2D eigenvalue weighted by Crippen LogP contribution is -2.47. The summed E-state index contributed by atoms with van der Waals surface area (Å²) in [5, 5.41) is 12.7. The average Bonchev–Trinajstić information content (AvgIpc) is 2.56. The van der Waals surface area contributed by atoms with Crippen molar-refractivity contribution in [1.82, 2.24) is 10.2 Å². The fourth-order valence-corrected chi connectivity index (χ4v) is 3.76. The summed E-state index contributed by atoms with van der Waals surface area (Å²) in [7, 11) is 0. The largest absolute Gasteiger partial charge is 0.393 e. The zero-order chi connectivity index (χ0) is 17.1. The molecule has 4 heteroatoms. The zero-order valence-corrected chi connectivity index (χ0v) is 14.7. The van der Waals surface area contributed by atoms with Crippen molar-refractivity contribution in [1.29, 1.82) is 0 Å². The second-order valence-corrected chi connectivity index (χ2v) is 7.26. The van der Waals surface area contributed by atoms with E-state index in [0.29, 0.717) is 6.54 Å². The van der Waals surface area contributed by atoms with Crippen LogP contribution in [0.1, 0.15) is 48.8 Å². The Labute approximate surface area is 144 Å². The third kappa shape index (κ3) is 4.18. The van der Waals surface area contributed by atoms with Gasteiger partial charge in [-0.05, 0) is 57.1 Å². The molecule has 1 aliphatic carbocycles. The Morgan fingerprint density at radius 1 is 1.12 bits per heavy atom. The predicted molar refractivity (Wildman–Crippen MR) is 96.9 cm³/mol. The Hall–Kier alpha value is -1.81. The highest BCUT2D eigenvalue weighted by Gasteiger charge is 2.24. The van der Waals surface area contributed by atoms with Crippen LogP contribution in [-0.2, 0) is 0 Å². The standard InChI is InChI=1S/C20H28N2O2/c1-14-11-15(2)13-17(12-14)16-7-9-22(10-8-16)20(24)21-18-3-5-19(23)6-4-18/h7,11-13,18-19,23H,3-6,8-10H2,1-2H3,(H,21,24). The predicted octanol–water partition coefficient (Wildman–Crippen LogP) is 3.41. The van der Waals surface area contributed by atoms with Crippen LogP contribution in [-0.4, -0.2) is 41.3 Å². The van der Waals surface area contributed by atoms with E-state index in [4.69, 9.17) is 0 Å². The van der Waals surface area contributed by atoms with E-state index in [1.54, 1.807) is 0 Å². The Kier molecular flexibility index (Phi) is 5.24. The molecule has 0 saturated heterocycles. The lowest BCUT2D eigenvalue weighted by molar-refractivity contribution is 0.115. The monoisotopic (exact) mass is 328 g/mol. The SMILES string of the molecule is Cc1cc(C)cc(C2=CCN(C(=O)NC3CCC(O)CC3)CC2)c1. The van der Waals surface area contributed by atoms with Crippen LogP contribution in [0.5, 0.6) is 0 Å². The van der Waals surface area contributed by atoms with Gasteiger partial charge in [0.25, 0.3) is 0 Å². The van der Waals surface area contributed by atoms with E-state index in [1.165, 1.54) is 22.3 Å². The van der Waals surface area contributed by atoms with Gasteiger partial charge in [0, 0.05) is 19.1 Å². The molecule has 1 saturated carbocycles. The smallest absolute Gasteiger partial charge is 0.317 e. The Bertz CT molecular complexity index is 610. The zero-order valence-electron chi connectivity index (χ0n) is 14.7. The molecule has 24 heavy (non-hydrogen) atoms. The summed E-state index contributed by atoms with van der Waals surface area (Å²) < 4.78 is 0. The maximum Gasteiger partial charge on any atom is 0.317 e. The van der Waals surface area contributed by atoms with Gasteiger partial charge in [0.2, 0.25) is 0 Å². The van der Waals surface area contributed by atoms with Gasteiger partial charge in [0.15, 0.2) is 0 Å². The average molecular weight is 328 g/mol. The Morgan fingerprint density at radius 2 is 1.79 bits per heavy atom. The molecule has 0 unspecified atom stereocenters. The molecule has 1 heterocycles. The van der Waals surface area contributed by atoms with Crippen molar-refractivity contribution in [2.24, 2.45) is 0 Å². The van der Waals surface area contributed by atoms with Gasteiger partial charge in [0.1, 0.15) is 0 Å². The van der Waals surface area contributed by atoms with Crippen molar-refractivity contribution >= 4 is 11.6 Å². The molecule has 1 aromatic rings. The van der Waals surface area contributed by atoms with Crippen LogP contribution in [0.2, 0.25) is 0 Å². The normalized spacial score (nSPS) is 24.5. The van der Waals surface area contributed by atoms with Gasteiger partial charge in [-0.3, -0.25) is 0 Å². The van der Waals surface area contributed by atoms with E-state index >= 15 is 0 Å². The van der Waals surface area contributed by atoms with Gasteiger partial charge in [-0.25, -0.2) is 4.79 Å². The molecule has 1 aromatic carbocycles. The molecule has 0 bridgehead atoms. The number of hydrogen-bond acceptors (Lipinski definition) is 2. The van der Waals surface area contributed by atoms with Crippen LogP contribution in [0.3, 0.4) is 0 Å². The first-order valence-electron chi connectivity index (χ1n) is 9.02. The number of rotatable bonds is 2. The number of amides is 2. The highest BCUT2D eigenvalue weighted by atomic mass is 16.3. The lowest BCUT2D eigenvalue weighted by atomic mass is 9.93. The number of nitrogens with one attached hydrogen (secondary N) is 1. The van der Waals surface area contributed by atoms with Gasteiger partial charge in [-0.1, -0.05) is 35.4 Å². The van der Waals surface area contributed by atoms with Gasteiger partial charge in [-0.15, -0.1) is 0 Å². The maximum atomic E-state index is 12.4. The second-order valence-electron chi connectivity index (χ2n) is 7.26. The van der Waals surface area contributed by atoms with E-state index in [2.05, 4.69) is 43.4 Å². The van der Waals surface area contributed by atoms with Crippen LogP contribution in [0.4, 0.5) is 4.79 Å². The minimum Gasteiger partial charge on any atom is -0.393 e. The van der Waals surface area contributed by atoms with E-state index in [1.807, 2.05) is 4.90 Å². The number of carbonyl (C=O) groups excluding carboxylic acids is 1. The molecule has 0 spiro atoms. The van der Waals surface area contributed by atoms with Crippen LogP contribution in [0.25, 0.3) is 5.57 Å². The summed E-state index contributed by atoms with van der Waals surface area (Å²) in [5.74, 6) is 0. The Balaban J connectivity index is 1.57. The van der Waals surface area contributed by atoms with Gasteiger partial charge >= 0.3 is 6.03 Å². The molecule has 1 aliphatic heterocycles.